The van der Waals surface area contributed by atoms with Gasteiger partial charge in [-0.25, -0.2) is 0 Å². The molecule has 1 aromatic rings. The van der Waals surface area contributed by atoms with Crippen molar-refractivity contribution in [2.45, 2.75) is 25.8 Å². The van der Waals surface area contributed by atoms with Crippen molar-refractivity contribution in [2.75, 3.05) is 6.54 Å². The van der Waals surface area contributed by atoms with Crippen molar-refractivity contribution in [1.29, 1.82) is 0 Å². The monoisotopic (exact) mass is 269 g/mol. The van der Waals surface area contributed by atoms with Gasteiger partial charge < -0.3 is 5.32 Å². The van der Waals surface area contributed by atoms with E-state index in [-0.39, 0.29) is 0 Å². The maximum absolute atomic E-state index is 6.12. The lowest BCUT2D eigenvalue weighted by molar-refractivity contribution is 0.357. The molecule has 1 aromatic carbocycles. The number of nitrogens with one attached hydrogen (secondary N) is 1. The number of hydrogen-bond acceptors (Lipinski definition) is 1. The lowest BCUT2D eigenvalue weighted by atomic mass is 9.94. The highest BCUT2D eigenvalue weighted by Crippen LogP contribution is 2.23. The minimum absolute atomic E-state index is 0.463. The van der Waals surface area contributed by atoms with Crippen molar-refractivity contribution in [3.8, 4) is 0 Å². The quantitative estimate of drug-likeness (QED) is 0.840. The first-order valence-corrected chi connectivity index (χ1v) is 6.77. The van der Waals surface area contributed by atoms with Crippen LogP contribution in [0.15, 0.2) is 24.3 Å². The smallest absolute Gasteiger partial charge is 0.0493 e. The topological polar surface area (TPSA) is 12.0 Å². The molecule has 0 radical (unpaired) electrons. The van der Waals surface area contributed by atoms with E-state index in [0.717, 1.165) is 18.0 Å². The van der Waals surface area contributed by atoms with Gasteiger partial charge in [0.25, 0.3) is 0 Å². The van der Waals surface area contributed by atoms with Crippen molar-refractivity contribution < 1.29 is 0 Å². The van der Waals surface area contributed by atoms with Crippen LogP contribution in [0.4, 0.5) is 0 Å². The minimum Gasteiger partial charge on any atom is -0.310 e. The molecule has 0 amide bonds. The molecule has 0 bridgehead atoms. The van der Waals surface area contributed by atoms with Crippen molar-refractivity contribution in [3.05, 3.63) is 39.9 Å². The molecule has 2 atom stereocenters. The Morgan fingerprint density at radius 2 is 2.18 bits per heavy atom. The van der Waals surface area contributed by atoms with Gasteiger partial charge in [-0.1, -0.05) is 48.3 Å². The number of piperidine rings is 1. The van der Waals surface area contributed by atoms with Gasteiger partial charge in [-0.05, 0) is 43.0 Å². The second-order valence-corrected chi connectivity index (χ2v) is 5.56. The molecule has 92 valence electrons. The number of halogens is 2. The molecule has 1 heterocycles. The predicted molar refractivity (Wildman–Crippen MR) is 75.7 cm³/mol. The fourth-order valence-corrected chi connectivity index (χ4v) is 2.62. The van der Waals surface area contributed by atoms with Crippen molar-refractivity contribution in [1.82, 2.24) is 5.32 Å². The highest BCUT2D eigenvalue weighted by Gasteiger charge is 2.15. The van der Waals surface area contributed by atoms with Crippen LogP contribution < -0.4 is 5.32 Å². The first-order valence-electron chi connectivity index (χ1n) is 6.02. The summed E-state index contributed by atoms with van der Waals surface area (Å²) in [6.45, 7) is 3.40. The van der Waals surface area contributed by atoms with Gasteiger partial charge in [-0.15, -0.1) is 0 Å². The maximum atomic E-state index is 6.12. The van der Waals surface area contributed by atoms with Crippen LogP contribution in [0, 0.1) is 5.92 Å². The second-order valence-electron chi connectivity index (χ2n) is 4.72. The Balaban J connectivity index is 2.04. The highest BCUT2D eigenvalue weighted by atomic mass is 35.5. The van der Waals surface area contributed by atoms with Gasteiger partial charge >= 0.3 is 0 Å². The average molecular weight is 270 g/mol. The normalized spacial score (nSPS) is 25.4. The Morgan fingerprint density at radius 1 is 1.35 bits per heavy atom. The van der Waals surface area contributed by atoms with Gasteiger partial charge in [0.05, 0.1) is 0 Å². The van der Waals surface area contributed by atoms with Gasteiger partial charge in [0, 0.05) is 16.1 Å². The SMILES string of the molecule is CC1CCNC(/C=C/c2ccc(Cl)cc2Cl)C1. The molecule has 1 aliphatic rings. The third kappa shape index (κ3) is 3.74. The van der Waals surface area contributed by atoms with Gasteiger partial charge in [0.2, 0.25) is 0 Å². The molecule has 3 heteroatoms. The van der Waals surface area contributed by atoms with E-state index in [2.05, 4.69) is 24.4 Å². The molecule has 0 spiro atoms. The summed E-state index contributed by atoms with van der Waals surface area (Å²) in [6.07, 6.45) is 6.74. The predicted octanol–water partition coefficient (Wildman–Crippen LogP) is 4.39. The lowest BCUT2D eigenvalue weighted by Crippen LogP contribution is -2.35. The fourth-order valence-electron chi connectivity index (χ4n) is 2.15. The van der Waals surface area contributed by atoms with Crippen LogP contribution in [-0.2, 0) is 0 Å². The van der Waals surface area contributed by atoms with Crippen molar-refractivity contribution >= 4 is 29.3 Å². The first-order chi connectivity index (χ1) is 8.15. The molecule has 1 N–H and O–H groups in total. The van der Waals surface area contributed by atoms with Gasteiger partial charge in [0.1, 0.15) is 0 Å². The standard InChI is InChI=1S/C14H17Cl2N/c1-10-6-7-17-13(8-10)5-3-11-2-4-12(15)9-14(11)16/h2-5,9-10,13,17H,6-8H2,1H3/b5-3+. The Bertz CT molecular complexity index is 415. The number of benzene rings is 1. The fraction of sp³-hybridized carbons (Fsp3) is 0.429. The van der Waals surface area contributed by atoms with E-state index in [1.807, 2.05) is 12.1 Å². The summed E-state index contributed by atoms with van der Waals surface area (Å²) in [5.41, 5.74) is 1.02. The zero-order valence-corrected chi connectivity index (χ0v) is 11.4. The van der Waals surface area contributed by atoms with Crippen LogP contribution in [0.1, 0.15) is 25.3 Å². The molecule has 1 aliphatic heterocycles. The molecular formula is C14H17Cl2N. The summed E-state index contributed by atoms with van der Waals surface area (Å²) in [5, 5.41) is 4.88. The Labute approximate surface area is 113 Å². The van der Waals surface area contributed by atoms with Crippen LogP contribution in [0.2, 0.25) is 10.0 Å². The summed E-state index contributed by atoms with van der Waals surface area (Å²) < 4.78 is 0. The summed E-state index contributed by atoms with van der Waals surface area (Å²) in [6, 6.07) is 6.06. The molecule has 0 aromatic heterocycles. The Kier molecular flexibility index (Phi) is 4.49. The van der Waals surface area contributed by atoms with E-state index >= 15 is 0 Å². The van der Waals surface area contributed by atoms with Crippen LogP contribution in [0.3, 0.4) is 0 Å². The summed E-state index contributed by atoms with van der Waals surface area (Å²) in [5.74, 6) is 0.798. The van der Waals surface area contributed by atoms with Crippen molar-refractivity contribution in [2.24, 2.45) is 5.92 Å². The lowest BCUT2D eigenvalue weighted by Gasteiger charge is -2.25. The van der Waals surface area contributed by atoms with E-state index in [9.17, 15) is 0 Å². The molecule has 2 unspecified atom stereocenters. The van der Waals surface area contributed by atoms with Crippen LogP contribution >= 0.6 is 23.2 Å². The van der Waals surface area contributed by atoms with Crippen LogP contribution in [-0.4, -0.2) is 12.6 Å². The Hall–Kier alpha value is -0.500. The van der Waals surface area contributed by atoms with E-state index in [0.29, 0.717) is 16.1 Å². The molecule has 0 aliphatic carbocycles. The van der Waals surface area contributed by atoms with E-state index in [1.54, 1.807) is 6.07 Å². The first kappa shape index (κ1) is 12.9. The molecule has 17 heavy (non-hydrogen) atoms. The summed E-state index contributed by atoms with van der Waals surface area (Å²) >= 11 is 12.0. The molecular weight excluding hydrogens is 253 g/mol. The second kappa shape index (κ2) is 5.90. The largest absolute Gasteiger partial charge is 0.310 e. The summed E-state index contributed by atoms with van der Waals surface area (Å²) in [7, 11) is 0. The van der Waals surface area contributed by atoms with Gasteiger partial charge in [-0.3, -0.25) is 0 Å². The third-order valence-electron chi connectivity index (χ3n) is 3.17. The van der Waals surface area contributed by atoms with E-state index in [4.69, 9.17) is 23.2 Å². The molecule has 1 saturated heterocycles. The Morgan fingerprint density at radius 3 is 2.88 bits per heavy atom. The van der Waals surface area contributed by atoms with Crippen molar-refractivity contribution in [3.63, 3.8) is 0 Å². The summed E-state index contributed by atoms with van der Waals surface area (Å²) in [4.78, 5) is 0. The minimum atomic E-state index is 0.463. The molecule has 2 rings (SSSR count). The van der Waals surface area contributed by atoms with Crippen LogP contribution in [0.25, 0.3) is 6.08 Å². The molecule has 1 fully saturated rings. The van der Waals surface area contributed by atoms with Gasteiger partial charge in [0.15, 0.2) is 0 Å². The maximum Gasteiger partial charge on any atom is 0.0493 e. The number of hydrogen-bond donors (Lipinski definition) is 1. The zero-order valence-electron chi connectivity index (χ0n) is 9.92. The third-order valence-corrected chi connectivity index (χ3v) is 3.73. The van der Waals surface area contributed by atoms with E-state index < -0.39 is 0 Å². The molecule has 0 saturated carbocycles. The average Bonchev–Trinajstić information content (AvgIpc) is 2.28. The highest BCUT2D eigenvalue weighted by molar-refractivity contribution is 6.35. The number of rotatable bonds is 2. The zero-order chi connectivity index (χ0) is 12.3. The van der Waals surface area contributed by atoms with Gasteiger partial charge in [-0.2, -0.15) is 0 Å². The van der Waals surface area contributed by atoms with E-state index in [1.165, 1.54) is 12.8 Å². The molecule has 1 nitrogen and oxygen atoms in total. The van der Waals surface area contributed by atoms with Crippen LogP contribution in [0.5, 0.6) is 0 Å².